The van der Waals surface area contributed by atoms with E-state index in [-0.39, 0.29) is 5.41 Å². The van der Waals surface area contributed by atoms with Crippen molar-refractivity contribution in [3.05, 3.63) is 58.7 Å². The fraction of sp³-hybridized carbons (Fsp3) is 0.412. The molecule has 0 saturated carbocycles. The lowest BCUT2D eigenvalue weighted by Crippen LogP contribution is -2.18. The summed E-state index contributed by atoms with van der Waals surface area (Å²) in [5.41, 5.74) is 5.51. The first-order valence-electron chi connectivity index (χ1n) is 6.23. The summed E-state index contributed by atoms with van der Waals surface area (Å²) in [5, 5.41) is 0. The van der Waals surface area contributed by atoms with Gasteiger partial charge in [0.05, 0.1) is 0 Å². The van der Waals surface area contributed by atoms with Crippen molar-refractivity contribution in [1.82, 2.24) is 0 Å². The minimum Gasteiger partial charge on any atom is -0.0764 e. The Bertz CT molecular complexity index is 424. The van der Waals surface area contributed by atoms with Crippen LogP contribution in [0.25, 0.3) is 0 Å². The van der Waals surface area contributed by atoms with Gasteiger partial charge in [-0.25, -0.2) is 0 Å². The van der Waals surface area contributed by atoms with E-state index in [0.29, 0.717) is 0 Å². The Morgan fingerprint density at radius 2 is 1.47 bits per heavy atom. The third-order valence-corrected chi connectivity index (χ3v) is 3.43. The van der Waals surface area contributed by atoms with Crippen LogP contribution in [0, 0.1) is 6.92 Å². The van der Waals surface area contributed by atoms with Crippen molar-refractivity contribution in [2.75, 3.05) is 0 Å². The first-order chi connectivity index (χ1) is 7.84. The van der Waals surface area contributed by atoms with Gasteiger partial charge in [0, 0.05) is 5.41 Å². The Hall–Kier alpha value is -1.30. The topological polar surface area (TPSA) is 0 Å². The van der Waals surface area contributed by atoms with E-state index >= 15 is 0 Å². The van der Waals surface area contributed by atoms with Gasteiger partial charge in [0.25, 0.3) is 0 Å². The molecule has 0 aliphatic carbocycles. The first-order valence-corrected chi connectivity index (χ1v) is 6.23. The quantitative estimate of drug-likeness (QED) is 0.625. The Morgan fingerprint density at radius 1 is 0.941 bits per heavy atom. The van der Waals surface area contributed by atoms with Gasteiger partial charge >= 0.3 is 0 Å². The molecule has 0 radical (unpaired) electrons. The Labute approximate surface area is 106 Å². The third-order valence-electron chi connectivity index (χ3n) is 3.43. The average Bonchev–Trinajstić information content (AvgIpc) is 2.26. The predicted octanol–water partition coefficient (Wildman–Crippen LogP) is 5.19. The van der Waals surface area contributed by atoms with E-state index in [9.17, 15) is 0 Å². The monoisotopic (exact) mass is 228 g/mol. The predicted molar refractivity (Wildman–Crippen MR) is 77.4 cm³/mol. The smallest absolute Gasteiger partial charge is 0.0105 e. The number of hydrogen-bond donors (Lipinski definition) is 0. The van der Waals surface area contributed by atoms with Gasteiger partial charge in [-0.2, -0.15) is 0 Å². The molecule has 1 aromatic rings. The van der Waals surface area contributed by atoms with Crippen LogP contribution in [0.15, 0.2) is 47.6 Å². The van der Waals surface area contributed by atoms with Crippen LogP contribution in [0.3, 0.4) is 0 Å². The van der Waals surface area contributed by atoms with E-state index in [1.165, 1.54) is 22.3 Å². The number of allylic oxidation sites excluding steroid dienone is 4. The molecule has 0 nitrogen and oxygen atoms in total. The van der Waals surface area contributed by atoms with Gasteiger partial charge in [-0.15, -0.1) is 0 Å². The van der Waals surface area contributed by atoms with Crippen molar-refractivity contribution in [3.63, 3.8) is 0 Å². The van der Waals surface area contributed by atoms with Crippen LogP contribution in [-0.2, 0) is 5.41 Å². The van der Waals surface area contributed by atoms with Gasteiger partial charge < -0.3 is 0 Å². The molecule has 0 aromatic heterocycles. The van der Waals surface area contributed by atoms with E-state index in [1.54, 1.807) is 0 Å². The second kappa shape index (κ2) is 5.35. The largest absolute Gasteiger partial charge is 0.0764 e. The van der Waals surface area contributed by atoms with Crippen molar-refractivity contribution in [2.24, 2.45) is 0 Å². The second-order valence-corrected chi connectivity index (χ2v) is 5.58. The van der Waals surface area contributed by atoms with E-state index in [4.69, 9.17) is 0 Å². The summed E-state index contributed by atoms with van der Waals surface area (Å²) >= 11 is 0. The molecular formula is C17H24. The lowest BCUT2D eigenvalue weighted by Gasteiger charge is -2.26. The van der Waals surface area contributed by atoms with Crippen molar-refractivity contribution >= 4 is 0 Å². The van der Waals surface area contributed by atoms with Crippen molar-refractivity contribution in [2.45, 2.75) is 47.0 Å². The van der Waals surface area contributed by atoms with Crippen molar-refractivity contribution in [3.8, 4) is 0 Å². The highest BCUT2D eigenvalue weighted by atomic mass is 14.3. The van der Waals surface area contributed by atoms with Gasteiger partial charge in [-0.3, -0.25) is 0 Å². The molecule has 0 aliphatic rings. The summed E-state index contributed by atoms with van der Waals surface area (Å²) in [5.74, 6) is 0. The minimum absolute atomic E-state index is 0.0969. The Balaban J connectivity index is 3.06. The summed E-state index contributed by atoms with van der Waals surface area (Å²) in [6.45, 7) is 13.2. The normalized spacial score (nSPS) is 12.5. The fourth-order valence-electron chi connectivity index (χ4n) is 1.70. The lowest BCUT2D eigenvalue weighted by molar-refractivity contribution is 0.623. The SMILES string of the molecule is CC(C)=C/C=C(\C)C(C)(C)c1ccc(C)cc1. The number of aryl methyl sites for hydroxylation is 1. The molecule has 0 atom stereocenters. The van der Waals surface area contributed by atoms with Gasteiger partial charge in [-0.05, 0) is 33.3 Å². The summed E-state index contributed by atoms with van der Waals surface area (Å²) in [7, 11) is 0. The van der Waals surface area contributed by atoms with Crippen LogP contribution < -0.4 is 0 Å². The highest BCUT2D eigenvalue weighted by Gasteiger charge is 2.21. The van der Waals surface area contributed by atoms with Crippen LogP contribution in [0.2, 0.25) is 0 Å². The summed E-state index contributed by atoms with van der Waals surface area (Å²) in [6.07, 6.45) is 4.42. The van der Waals surface area contributed by atoms with Crippen LogP contribution in [0.1, 0.15) is 45.7 Å². The number of rotatable bonds is 3. The molecule has 1 aromatic carbocycles. The van der Waals surface area contributed by atoms with Gasteiger partial charge in [0.1, 0.15) is 0 Å². The van der Waals surface area contributed by atoms with E-state index in [0.717, 1.165) is 0 Å². The standard InChI is InChI=1S/C17H24/c1-13(2)7-10-15(4)17(5,6)16-11-8-14(3)9-12-16/h7-12H,1-6H3/b15-10+. The zero-order chi connectivity index (χ0) is 13.1. The maximum Gasteiger partial charge on any atom is 0.0105 e. The molecule has 0 heteroatoms. The molecule has 17 heavy (non-hydrogen) atoms. The van der Waals surface area contributed by atoms with Crippen LogP contribution in [0.4, 0.5) is 0 Å². The zero-order valence-electron chi connectivity index (χ0n) is 12.0. The maximum atomic E-state index is 2.28. The van der Waals surface area contributed by atoms with Gasteiger partial charge in [0.2, 0.25) is 0 Å². The fourth-order valence-corrected chi connectivity index (χ4v) is 1.70. The Kier molecular flexibility index (Phi) is 4.34. The first kappa shape index (κ1) is 13.8. The molecule has 0 spiro atoms. The molecule has 0 saturated heterocycles. The van der Waals surface area contributed by atoms with E-state index < -0.39 is 0 Å². The lowest BCUT2D eigenvalue weighted by atomic mass is 9.78. The van der Waals surface area contributed by atoms with Crippen LogP contribution >= 0.6 is 0 Å². The van der Waals surface area contributed by atoms with Crippen LogP contribution in [0.5, 0.6) is 0 Å². The van der Waals surface area contributed by atoms with Gasteiger partial charge in [0.15, 0.2) is 0 Å². The summed E-state index contributed by atoms with van der Waals surface area (Å²) < 4.78 is 0. The average molecular weight is 228 g/mol. The second-order valence-electron chi connectivity index (χ2n) is 5.58. The van der Waals surface area contributed by atoms with E-state index in [1.807, 2.05) is 0 Å². The molecule has 0 fully saturated rings. The summed E-state index contributed by atoms with van der Waals surface area (Å²) in [6, 6.07) is 8.83. The van der Waals surface area contributed by atoms with Crippen LogP contribution in [-0.4, -0.2) is 0 Å². The third kappa shape index (κ3) is 3.59. The molecule has 0 heterocycles. The molecule has 0 aliphatic heterocycles. The van der Waals surface area contributed by atoms with E-state index in [2.05, 4.69) is 78.0 Å². The highest BCUT2D eigenvalue weighted by molar-refractivity contribution is 5.36. The number of benzene rings is 1. The molecular weight excluding hydrogens is 204 g/mol. The highest BCUT2D eigenvalue weighted by Crippen LogP contribution is 2.31. The van der Waals surface area contributed by atoms with Crippen molar-refractivity contribution < 1.29 is 0 Å². The molecule has 0 amide bonds. The summed E-state index contributed by atoms with van der Waals surface area (Å²) in [4.78, 5) is 0. The zero-order valence-corrected chi connectivity index (χ0v) is 12.0. The Morgan fingerprint density at radius 3 is 1.94 bits per heavy atom. The molecule has 0 N–H and O–H groups in total. The maximum absolute atomic E-state index is 2.28. The molecule has 92 valence electrons. The number of hydrogen-bond acceptors (Lipinski definition) is 0. The molecule has 1 rings (SSSR count). The molecule has 0 bridgehead atoms. The van der Waals surface area contributed by atoms with Gasteiger partial charge in [-0.1, -0.05) is 67.0 Å². The van der Waals surface area contributed by atoms with Crippen molar-refractivity contribution in [1.29, 1.82) is 0 Å². The minimum atomic E-state index is 0.0969. The molecule has 0 unspecified atom stereocenters.